The minimum atomic E-state index is -0.643. The SMILES string of the molecule is CC(=O)Nc1sc(C)c(C)c1C(=O)O[C@H]1CCCCC1=O. The van der Waals surface area contributed by atoms with Crippen LogP contribution in [-0.2, 0) is 14.3 Å². The minimum absolute atomic E-state index is 0.0136. The number of hydrogen-bond acceptors (Lipinski definition) is 5. The summed E-state index contributed by atoms with van der Waals surface area (Å²) in [4.78, 5) is 36.3. The van der Waals surface area contributed by atoms with E-state index in [-0.39, 0.29) is 11.7 Å². The molecule has 5 nitrogen and oxygen atoms in total. The van der Waals surface area contributed by atoms with E-state index < -0.39 is 12.1 Å². The van der Waals surface area contributed by atoms with Gasteiger partial charge in [0.2, 0.25) is 5.91 Å². The fraction of sp³-hybridized carbons (Fsp3) is 0.533. The van der Waals surface area contributed by atoms with Crippen molar-refractivity contribution in [1.82, 2.24) is 0 Å². The van der Waals surface area contributed by atoms with Crippen molar-refractivity contribution in [1.29, 1.82) is 0 Å². The Balaban J connectivity index is 2.21. The first-order valence-corrected chi connectivity index (χ1v) is 7.83. The average Bonchev–Trinajstić information content (AvgIpc) is 2.66. The van der Waals surface area contributed by atoms with Crippen LogP contribution in [0.5, 0.6) is 0 Å². The van der Waals surface area contributed by atoms with Crippen LogP contribution in [0.4, 0.5) is 5.00 Å². The van der Waals surface area contributed by atoms with Gasteiger partial charge >= 0.3 is 5.97 Å². The number of ether oxygens (including phenoxy) is 1. The fourth-order valence-corrected chi connectivity index (χ4v) is 3.48. The molecule has 1 heterocycles. The molecule has 0 radical (unpaired) electrons. The van der Waals surface area contributed by atoms with Crippen molar-refractivity contribution in [2.45, 2.75) is 52.6 Å². The summed E-state index contributed by atoms with van der Waals surface area (Å²) < 4.78 is 5.37. The highest BCUT2D eigenvalue weighted by Crippen LogP contribution is 2.33. The Bertz CT molecular complexity index is 591. The van der Waals surface area contributed by atoms with Crippen molar-refractivity contribution in [2.24, 2.45) is 0 Å². The molecule has 2 rings (SSSR count). The maximum Gasteiger partial charge on any atom is 0.342 e. The zero-order chi connectivity index (χ0) is 15.6. The van der Waals surface area contributed by atoms with E-state index in [4.69, 9.17) is 4.74 Å². The Kier molecular flexibility index (Phi) is 4.77. The molecule has 0 saturated heterocycles. The number of thiophene rings is 1. The number of ketones is 1. The first-order chi connectivity index (χ1) is 9.90. The van der Waals surface area contributed by atoms with Crippen LogP contribution in [0.15, 0.2) is 0 Å². The number of amides is 1. The molecule has 114 valence electrons. The Hall–Kier alpha value is -1.69. The summed E-state index contributed by atoms with van der Waals surface area (Å²) in [5, 5.41) is 3.15. The van der Waals surface area contributed by atoms with Gasteiger partial charge in [0.25, 0.3) is 0 Å². The quantitative estimate of drug-likeness (QED) is 0.871. The van der Waals surface area contributed by atoms with Crippen molar-refractivity contribution in [3.63, 3.8) is 0 Å². The molecule has 1 aliphatic carbocycles. The molecule has 1 aliphatic rings. The third-order valence-electron chi connectivity index (χ3n) is 3.63. The van der Waals surface area contributed by atoms with E-state index in [2.05, 4.69) is 5.32 Å². The summed E-state index contributed by atoms with van der Waals surface area (Å²) >= 11 is 1.34. The zero-order valence-corrected chi connectivity index (χ0v) is 13.3. The highest BCUT2D eigenvalue weighted by Gasteiger charge is 2.29. The summed E-state index contributed by atoms with van der Waals surface area (Å²) in [6.45, 7) is 5.09. The van der Waals surface area contributed by atoms with Gasteiger partial charge in [-0.25, -0.2) is 4.79 Å². The lowest BCUT2D eigenvalue weighted by atomic mass is 9.96. The van der Waals surface area contributed by atoms with Crippen molar-refractivity contribution >= 4 is 34.0 Å². The standard InChI is InChI=1S/C15H19NO4S/c1-8-9(2)21-14(16-10(3)17)13(8)15(19)20-12-7-5-4-6-11(12)18/h12H,4-7H2,1-3H3,(H,16,17)/t12-/m0/s1. The number of anilines is 1. The Labute approximate surface area is 127 Å². The van der Waals surface area contributed by atoms with Crippen molar-refractivity contribution in [2.75, 3.05) is 5.32 Å². The van der Waals surface area contributed by atoms with Crippen LogP contribution >= 0.6 is 11.3 Å². The third-order valence-corrected chi connectivity index (χ3v) is 4.75. The highest BCUT2D eigenvalue weighted by atomic mass is 32.1. The van der Waals surface area contributed by atoms with E-state index in [1.807, 2.05) is 13.8 Å². The summed E-state index contributed by atoms with van der Waals surface area (Å²) in [6, 6.07) is 0. The maximum absolute atomic E-state index is 12.4. The van der Waals surface area contributed by atoms with Gasteiger partial charge in [-0.3, -0.25) is 9.59 Å². The van der Waals surface area contributed by atoms with Crippen LogP contribution in [0, 0.1) is 13.8 Å². The molecule has 1 atom stereocenters. The second kappa shape index (κ2) is 6.39. The maximum atomic E-state index is 12.4. The molecule has 1 aromatic rings. The molecule has 1 aromatic heterocycles. The number of nitrogens with one attached hydrogen (secondary N) is 1. The molecular formula is C15H19NO4S. The summed E-state index contributed by atoms with van der Waals surface area (Å²) in [5.74, 6) is -0.778. The number of hydrogen-bond donors (Lipinski definition) is 1. The van der Waals surface area contributed by atoms with Crippen LogP contribution in [0.2, 0.25) is 0 Å². The number of aryl methyl sites for hydroxylation is 1. The lowest BCUT2D eigenvalue weighted by Gasteiger charge is -2.21. The molecule has 1 saturated carbocycles. The molecule has 0 aliphatic heterocycles. The van der Waals surface area contributed by atoms with Gasteiger partial charge in [0.15, 0.2) is 11.9 Å². The predicted molar refractivity (Wildman–Crippen MR) is 80.8 cm³/mol. The van der Waals surface area contributed by atoms with Crippen LogP contribution < -0.4 is 5.32 Å². The average molecular weight is 309 g/mol. The molecule has 1 amide bonds. The first kappa shape index (κ1) is 15.7. The number of carbonyl (C=O) groups is 3. The Morgan fingerprint density at radius 3 is 2.62 bits per heavy atom. The lowest BCUT2D eigenvalue weighted by Crippen LogP contribution is -2.30. The van der Waals surface area contributed by atoms with Gasteiger partial charge in [0, 0.05) is 18.2 Å². The van der Waals surface area contributed by atoms with Gasteiger partial charge in [-0.05, 0) is 38.7 Å². The summed E-state index contributed by atoms with van der Waals surface area (Å²) in [5.41, 5.74) is 1.16. The molecule has 6 heteroatoms. The van der Waals surface area contributed by atoms with Crippen molar-refractivity contribution in [3.8, 4) is 0 Å². The Morgan fingerprint density at radius 1 is 1.29 bits per heavy atom. The van der Waals surface area contributed by atoms with Crippen molar-refractivity contribution in [3.05, 3.63) is 16.0 Å². The van der Waals surface area contributed by atoms with E-state index in [0.29, 0.717) is 23.4 Å². The number of carbonyl (C=O) groups excluding carboxylic acids is 3. The van der Waals surface area contributed by atoms with E-state index in [1.54, 1.807) is 0 Å². The van der Waals surface area contributed by atoms with E-state index >= 15 is 0 Å². The van der Waals surface area contributed by atoms with Gasteiger partial charge < -0.3 is 10.1 Å². The van der Waals surface area contributed by atoms with Crippen LogP contribution in [-0.4, -0.2) is 23.8 Å². The van der Waals surface area contributed by atoms with Gasteiger partial charge in [0.05, 0.1) is 5.56 Å². The van der Waals surface area contributed by atoms with Gasteiger partial charge in [0.1, 0.15) is 5.00 Å². The lowest BCUT2D eigenvalue weighted by molar-refractivity contribution is -0.130. The monoisotopic (exact) mass is 309 g/mol. The second-order valence-corrected chi connectivity index (χ2v) is 6.50. The summed E-state index contributed by atoms with van der Waals surface area (Å²) in [6.07, 6.45) is 2.17. The van der Waals surface area contributed by atoms with E-state index in [9.17, 15) is 14.4 Å². The van der Waals surface area contributed by atoms with Gasteiger partial charge in [-0.2, -0.15) is 0 Å². The van der Waals surface area contributed by atoms with E-state index in [1.165, 1.54) is 18.3 Å². The normalized spacial score (nSPS) is 18.4. The van der Waals surface area contributed by atoms with Crippen LogP contribution in [0.25, 0.3) is 0 Å². The largest absolute Gasteiger partial charge is 0.451 e. The smallest absolute Gasteiger partial charge is 0.342 e. The molecule has 0 unspecified atom stereocenters. The molecule has 0 aromatic carbocycles. The number of rotatable bonds is 3. The third kappa shape index (κ3) is 3.50. The molecule has 1 fully saturated rings. The van der Waals surface area contributed by atoms with Gasteiger partial charge in [-0.1, -0.05) is 0 Å². The summed E-state index contributed by atoms with van der Waals surface area (Å²) in [7, 11) is 0. The number of esters is 1. The fourth-order valence-electron chi connectivity index (χ4n) is 2.38. The molecule has 0 spiro atoms. The molecule has 1 N–H and O–H groups in total. The first-order valence-electron chi connectivity index (χ1n) is 7.01. The topological polar surface area (TPSA) is 72.5 Å². The van der Waals surface area contributed by atoms with Crippen LogP contribution in [0.3, 0.4) is 0 Å². The molecule has 0 bridgehead atoms. The number of Topliss-reactive ketones (excluding diaryl/α,β-unsaturated/α-hetero) is 1. The highest BCUT2D eigenvalue weighted by molar-refractivity contribution is 7.16. The van der Waals surface area contributed by atoms with Crippen molar-refractivity contribution < 1.29 is 19.1 Å². The second-order valence-electron chi connectivity index (χ2n) is 5.27. The predicted octanol–water partition coefficient (Wildman–Crippen LogP) is 2.99. The zero-order valence-electron chi connectivity index (χ0n) is 12.4. The van der Waals surface area contributed by atoms with E-state index in [0.717, 1.165) is 23.3 Å². The minimum Gasteiger partial charge on any atom is -0.451 e. The molecule has 21 heavy (non-hydrogen) atoms. The Morgan fingerprint density at radius 2 is 2.00 bits per heavy atom. The van der Waals surface area contributed by atoms with Gasteiger partial charge in [-0.15, -0.1) is 11.3 Å². The van der Waals surface area contributed by atoms with Crippen LogP contribution in [0.1, 0.15) is 53.4 Å². The molecular weight excluding hydrogens is 290 g/mol.